The van der Waals surface area contributed by atoms with Gasteiger partial charge in [-0.2, -0.15) is 0 Å². The number of anilines is 1. The summed E-state index contributed by atoms with van der Waals surface area (Å²) in [6, 6.07) is 3.88. The Hall–Kier alpha value is -2.50. The van der Waals surface area contributed by atoms with Crippen LogP contribution in [0.5, 0.6) is 0 Å². The molecule has 0 unspecified atom stereocenters. The van der Waals surface area contributed by atoms with Gasteiger partial charge in [0.15, 0.2) is 0 Å². The smallest absolute Gasteiger partial charge is 0.274 e. The first kappa shape index (κ1) is 14.4. The van der Waals surface area contributed by atoms with Crippen LogP contribution in [0.4, 0.5) is 5.82 Å². The lowest BCUT2D eigenvalue weighted by molar-refractivity contribution is 0.0718. The third kappa shape index (κ3) is 3.58. The van der Waals surface area contributed by atoms with E-state index in [9.17, 15) is 4.79 Å². The van der Waals surface area contributed by atoms with Crippen LogP contribution in [0, 0.1) is 0 Å². The number of piperidine rings is 1. The van der Waals surface area contributed by atoms with Gasteiger partial charge in [0.1, 0.15) is 11.5 Å². The molecule has 6 nitrogen and oxygen atoms in total. The van der Waals surface area contributed by atoms with E-state index in [0.29, 0.717) is 18.1 Å². The summed E-state index contributed by atoms with van der Waals surface area (Å²) in [5.74, 6) is 0.639. The zero-order valence-corrected chi connectivity index (χ0v) is 12.4. The van der Waals surface area contributed by atoms with Crippen LogP contribution in [0.2, 0.25) is 0 Å². The molecular weight excluding hydrogens is 278 g/mol. The Morgan fingerprint density at radius 2 is 1.86 bits per heavy atom. The highest BCUT2D eigenvalue weighted by atomic mass is 16.2. The van der Waals surface area contributed by atoms with E-state index in [-0.39, 0.29) is 5.91 Å². The molecule has 1 N–H and O–H groups in total. The summed E-state index contributed by atoms with van der Waals surface area (Å²) >= 11 is 0. The summed E-state index contributed by atoms with van der Waals surface area (Å²) in [7, 11) is 0. The maximum atomic E-state index is 12.3. The van der Waals surface area contributed by atoms with Gasteiger partial charge in [-0.05, 0) is 37.0 Å². The summed E-state index contributed by atoms with van der Waals surface area (Å²) in [5, 5.41) is 3.18. The second-order valence-electron chi connectivity index (χ2n) is 5.35. The number of nitrogens with zero attached hydrogens (tertiary/aromatic N) is 4. The van der Waals surface area contributed by atoms with E-state index in [1.807, 2.05) is 17.0 Å². The van der Waals surface area contributed by atoms with Gasteiger partial charge in [-0.15, -0.1) is 0 Å². The largest absolute Gasteiger partial charge is 0.365 e. The molecule has 1 aliphatic rings. The maximum absolute atomic E-state index is 12.3. The quantitative estimate of drug-likeness (QED) is 0.936. The van der Waals surface area contributed by atoms with Gasteiger partial charge in [0.2, 0.25) is 0 Å². The Balaban J connectivity index is 1.59. The Kier molecular flexibility index (Phi) is 4.58. The second-order valence-corrected chi connectivity index (χ2v) is 5.35. The van der Waals surface area contributed by atoms with Gasteiger partial charge in [-0.3, -0.25) is 9.78 Å². The first-order valence-corrected chi connectivity index (χ1v) is 7.57. The average molecular weight is 297 g/mol. The monoisotopic (exact) mass is 297 g/mol. The molecule has 1 aliphatic heterocycles. The van der Waals surface area contributed by atoms with E-state index < -0.39 is 0 Å². The van der Waals surface area contributed by atoms with Crippen LogP contribution in [-0.4, -0.2) is 38.8 Å². The number of nitrogens with one attached hydrogen (secondary N) is 1. The van der Waals surface area contributed by atoms with Gasteiger partial charge in [-0.1, -0.05) is 0 Å². The summed E-state index contributed by atoms with van der Waals surface area (Å²) in [6.45, 7) is 2.29. The van der Waals surface area contributed by atoms with Crippen LogP contribution < -0.4 is 5.32 Å². The zero-order valence-electron chi connectivity index (χ0n) is 12.4. The number of pyridine rings is 1. The highest BCUT2D eigenvalue weighted by Gasteiger charge is 2.19. The highest BCUT2D eigenvalue weighted by Crippen LogP contribution is 2.12. The molecule has 0 bridgehead atoms. The van der Waals surface area contributed by atoms with Crippen LogP contribution >= 0.6 is 0 Å². The van der Waals surface area contributed by atoms with E-state index in [0.717, 1.165) is 31.5 Å². The van der Waals surface area contributed by atoms with E-state index in [1.54, 1.807) is 24.8 Å². The van der Waals surface area contributed by atoms with Crippen LogP contribution in [-0.2, 0) is 6.54 Å². The average Bonchev–Trinajstić information content (AvgIpc) is 2.61. The molecule has 0 aliphatic carbocycles. The van der Waals surface area contributed by atoms with Gasteiger partial charge in [0, 0.05) is 32.0 Å². The van der Waals surface area contributed by atoms with Crippen molar-refractivity contribution < 1.29 is 4.79 Å². The standard InChI is InChI=1S/C16H19N5O/c22-16(21-8-2-1-3-9-21)14-11-20-15(12-18-14)19-10-13-4-6-17-7-5-13/h4-7,11-12H,1-3,8-10H2,(H,19,20). The molecule has 2 aromatic rings. The Morgan fingerprint density at radius 1 is 1.09 bits per heavy atom. The van der Waals surface area contributed by atoms with E-state index in [2.05, 4.69) is 20.3 Å². The van der Waals surface area contributed by atoms with Gasteiger partial charge in [-0.25, -0.2) is 9.97 Å². The zero-order chi connectivity index (χ0) is 15.2. The molecule has 0 radical (unpaired) electrons. The molecule has 114 valence electrons. The fourth-order valence-corrected chi connectivity index (χ4v) is 2.48. The van der Waals surface area contributed by atoms with Gasteiger partial charge in [0.05, 0.1) is 12.4 Å². The van der Waals surface area contributed by atoms with Crippen molar-refractivity contribution in [1.82, 2.24) is 19.9 Å². The number of likely N-dealkylation sites (tertiary alicyclic amines) is 1. The fourth-order valence-electron chi connectivity index (χ4n) is 2.48. The molecule has 3 heterocycles. The van der Waals surface area contributed by atoms with Crippen LogP contribution in [0.15, 0.2) is 36.9 Å². The number of carbonyl (C=O) groups excluding carboxylic acids is 1. The maximum Gasteiger partial charge on any atom is 0.274 e. The Labute approximate surface area is 129 Å². The molecule has 22 heavy (non-hydrogen) atoms. The summed E-state index contributed by atoms with van der Waals surface area (Å²) in [5.41, 5.74) is 1.53. The van der Waals surface area contributed by atoms with Gasteiger partial charge < -0.3 is 10.2 Å². The van der Waals surface area contributed by atoms with Crippen molar-refractivity contribution in [3.8, 4) is 0 Å². The molecule has 0 aromatic carbocycles. The van der Waals surface area contributed by atoms with Crippen molar-refractivity contribution in [1.29, 1.82) is 0 Å². The van der Waals surface area contributed by atoms with Crippen molar-refractivity contribution in [3.63, 3.8) is 0 Å². The number of hydrogen-bond donors (Lipinski definition) is 1. The van der Waals surface area contributed by atoms with Gasteiger partial charge in [0.25, 0.3) is 5.91 Å². The number of carbonyl (C=O) groups is 1. The number of aromatic nitrogens is 3. The Bertz CT molecular complexity index is 608. The highest BCUT2D eigenvalue weighted by molar-refractivity contribution is 5.92. The van der Waals surface area contributed by atoms with E-state index in [1.165, 1.54) is 6.42 Å². The fraction of sp³-hybridized carbons (Fsp3) is 0.375. The predicted octanol–water partition coefficient (Wildman–Crippen LogP) is 2.11. The minimum Gasteiger partial charge on any atom is -0.365 e. The first-order chi connectivity index (χ1) is 10.8. The normalized spacial score (nSPS) is 14.6. The lowest BCUT2D eigenvalue weighted by Gasteiger charge is -2.26. The van der Waals surface area contributed by atoms with E-state index >= 15 is 0 Å². The molecular formula is C16H19N5O. The van der Waals surface area contributed by atoms with Crippen LogP contribution in [0.3, 0.4) is 0 Å². The van der Waals surface area contributed by atoms with Gasteiger partial charge >= 0.3 is 0 Å². The number of hydrogen-bond acceptors (Lipinski definition) is 5. The van der Waals surface area contributed by atoms with Crippen molar-refractivity contribution in [2.24, 2.45) is 0 Å². The minimum absolute atomic E-state index is 0.0205. The molecule has 1 amide bonds. The van der Waals surface area contributed by atoms with E-state index in [4.69, 9.17) is 0 Å². The molecule has 1 saturated heterocycles. The SMILES string of the molecule is O=C(c1cnc(NCc2ccncc2)cn1)N1CCCCC1. The molecule has 6 heteroatoms. The lowest BCUT2D eigenvalue weighted by Crippen LogP contribution is -2.36. The summed E-state index contributed by atoms with van der Waals surface area (Å²) in [4.78, 5) is 26.6. The summed E-state index contributed by atoms with van der Waals surface area (Å²) < 4.78 is 0. The van der Waals surface area contributed by atoms with Crippen molar-refractivity contribution >= 4 is 11.7 Å². The predicted molar refractivity (Wildman–Crippen MR) is 83.4 cm³/mol. The molecule has 1 fully saturated rings. The van der Waals surface area contributed by atoms with Crippen LogP contribution in [0.25, 0.3) is 0 Å². The number of rotatable bonds is 4. The molecule has 0 atom stereocenters. The molecule has 0 spiro atoms. The van der Waals surface area contributed by atoms with Crippen LogP contribution in [0.1, 0.15) is 35.3 Å². The molecule has 3 rings (SSSR count). The minimum atomic E-state index is -0.0205. The number of amides is 1. The topological polar surface area (TPSA) is 71.0 Å². The third-order valence-electron chi connectivity index (χ3n) is 3.74. The Morgan fingerprint density at radius 3 is 2.55 bits per heavy atom. The summed E-state index contributed by atoms with van der Waals surface area (Å²) in [6.07, 6.45) is 10.0. The molecule has 2 aromatic heterocycles. The second kappa shape index (κ2) is 6.98. The van der Waals surface area contributed by atoms with Crippen molar-refractivity contribution in [2.75, 3.05) is 18.4 Å². The third-order valence-corrected chi connectivity index (χ3v) is 3.74. The molecule has 0 saturated carbocycles. The first-order valence-electron chi connectivity index (χ1n) is 7.57. The van der Waals surface area contributed by atoms with Crippen molar-refractivity contribution in [2.45, 2.75) is 25.8 Å². The van der Waals surface area contributed by atoms with Crippen molar-refractivity contribution in [3.05, 3.63) is 48.2 Å². The lowest BCUT2D eigenvalue weighted by atomic mass is 10.1.